The van der Waals surface area contributed by atoms with E-state index in [1.807, 2.05) is 12.1 Å². The van der Waals surface area contributed by atoms with Crippen LogP contribution in [0.25, 0.3) is 0 Å². The van der Waals surface area contributed by atoms with Gasteiger partial charge in [0.25, 0.3) is 0 Å². The van der Waals surface area contributed by atoms with Gasteiger partial charge in [-0.3, -0.25) is 10.3 Å². The molecule has 0 aliphatic carbocycles. The van der Waals surface area contributed by atoms with Crippen LogP contribution in [0.1, 0.15) is 5.56 Å². The van der Waals surface area contributed by atoms with Gasteiger partial charge < -0.3 is 15.7 Å². The van der Waals surface area contributed by atoms with Crippen LogP contribution in [-0.4, -0.2) is 55.2 Å². The maximum Gasteiger partial charge on any atom is 0.124 e. The van der Waals surface area contributed by atoms with Crippen LogP contribution < -0.4 is 10.6 Å². The lowest BCUT2D eigenvalue weighted by Crippen LogP contribution is -2.47. The smallest absolute Gasteiger partial charge is 0.124 e. The Morgan fingerprint density at radius 2 is 2.00 bits per heavy atom. The van der Waals surface area contributed by atoms with Gasteiger partial charge in [0.2, 0.25) is 0 Å². The van der Waals surface area contributed by atoms with Crippen molar-refractivity contribution in [2.75, 3.05) is 44.2 Å². The van der Waals surface area contributed by atoms with Crippen LogP contribution in [0, 0.1) is 5.41 Å². The molecule has 6 heteroatoms. The lowest BCUT2D eigenvalue weighted by Gasteiger charge is -2.35. The van der Waals surface area contributed by atoms with Crippen molar-refractivity contribution in [2.45, 2.75) is 0 Å². The van der Waals surface area contributed by atoms with E-state index in [-0.39, 0.29) is 12.4 Å². The fourth-order valence-electron chi connectivity index (χ4n) is 2.29. The predicted molar refractivity (Wildman–Crippen MR) is 78.2 cm³/mol. The predicted octanol–water partition coefficient (Wildman–Crippen LogP) is 0.738. The summed E-state index contributed by atoms with van der Waals surface area (Å²) in [6.45, 7) is 4.64. The van der Waals surface area contributed by atoms with Gasteiger partial charge in [0.05, 0.1) is 11.6 Å². The topological polar surface area (TPSA) is 76.6 Å². The second-order valence-electron chi connectivity index (χ2n) is 4.63. The first kappa shape index (κ1) is 14.1. The maximum atomic E-state index is 8.92. The molecule has 4 N–H and O–H groups in total. The summed E-state index contributed by atoms with van der Waals surface area (Å²) < 4.78 is 0. The molecular weight excluding hydrogens is 264 g/mol. The van der Waals surface area contributed by atoms with Crippen molar-refractivity contribution in [3.05, 3.63) is 28.8 Å². The Balaban J connectivity index is 2.04. The normalized spacial score (nSPS) is 16.6. The highest BCUT2D eigenvalue weighted by Gasteiger charge is 2.17. The van der Waals surface area contributed by atoms with Crippen LogP contribution in [0.3, 0.4) is 0 Å². The number of amidine groups is 1. The fourth-order valence-corrected chi connectivity index (χ4v) is 2.57. The van der Waals surface area contributed by atoms with Gasteiger partial charge in [-0.05, 0) is 18.2 Å². The van der Waals surface area contributed by atoms with E-state index in [0.717, 1.165) is 38.4 Å². The summed E-state index contributed by atoms with van der Waals surface area (Å²) >= 11 is 6.13. The Bertz CT molecular complexity index is 458. The number of nitrogens with one attached hydrogen (secondary N) is 1. The van der Waals surface area contributed by atoms with Crippen LogP contribution in [0.2, 0.25) is 5.02 Å². The molecule has 5 nitrogen and oxygen atoms in total. The summed E-state index contributed by atoms with van der Waals surface area (Å²) in [6, 6.07) is 5.60. The number of nitrogens with zero attached hydrogens (tertiary/aromatic N) is 2. The summed E-state index contributed by atoms with van der Waals surface area (Å²) in [5.41, 5.74) is 7.08. The molecule has 1 fully saturated rings. The minimum Gasteiger partial charge on any atom is -0.395 e. The largest absolute Gasteiger partial charge is 0.395 e. The Hall–Kier alpha value is -1.30. The molecule has 0 saturated carbocycles. The monoisotopic (exact) mass is 282 g/mol. The summed E-state index contributed by atoms with van der Waals surface area (Å²) in [4.78, 5) is 4.49. The third kappa shape index (κ3) is 3.37. The van der Waals surface area contributed by atoms with E-state index in [1.165, 1.54) is 0 Å². The SMILES string of the molecule is N=C(N)c1ccc(N2CCN(CCO)CC2)cc1Cl. The van der Waals surface area contributed by atoms with Gasteiger partial charge in [-0.1, -0.05) is 11.6 Å². The molecule has 19 heavy (non-hydrogen) atoms. The van der Waals surface area contributed by atoms with E-state index in [9.17, 15) is 0 Å². The van der Waals surface area contributed by atoms with Crippen molar-refractivity contribution in [2.24, 2.45) is 5.73 Å². The van der Waals surface area contributed by atoms with Gasteiger partial charge in [0.1, 0.15) is 5.84 Å². The van der Waals surface area contributed by atoms with Gasteiger partial charge in [-0.2, -0.15) is 0 Å². The number of hydrogen-bond acceptors (Lipinski definition) is 4. The Morgan fingerprint density at radius 3 is 2.53 bits per heavy atom. The molecule has 1 heterocycles. The summed E-state index contributed by atoms with van der Waals surface area (Å²) in [5.74, 6) is -0.00989. The lowest BCUT2D eigenvalue weighted by atomic mass is 10.1. The van der Waals surface area contributed by atoms with E-state index < -0.39 is 0 Å². The molecule has 1 aliphatic rings. The van der Waals surface area contributed by atoms with Crippen LogP contribution in [0.15, 0.2) is 18.2 Å². The molecule has 1 aromatic carbocycles. The third-order valence-electron chi connectivity index (χ3n) is 3.40. The molecule has 1 saturated heterocycles. The number of benzene rings is 1. The second kappa shape index (κ2) is 6.23. The highest BCUT2D eigenvalue weighted by molar-refractivity contribution is 6.34. The van der Waals surface area contributed by atoms with Crippen LogP contribution >= 0.6 is 11.6 Å². The molecular formula is C13H19ClN4O. The molecule has 0 unspecified atom stereocenters. The first-order valence-corrected chi connectivity index (χ1v) is 6.71. The van der Waals surface area contributed by atoms with E-state index in [1.54, 1.807) is 6.07 Å². The highest BCUT2D eigenvalue weighted by atomic mass is 35.5. The Morgan fingerprint density at radius 1 is 1.32 bits per heavy atom. The molecule has 0 atom stereocenters. The number of aliphatic hydroxyl groups is 1. The van der Waals surface area contributed by atoms with E-state index >= 15 is 0 Å². The molecule has 1 aliphatic heterocycles. The van der Waals surface area contributed by atoms with Gasteiger partial charge in [0, 0.05) is 44.0 Å². The van der Waals surface area contributed by atoms with Gasteiger partial charge in [-0.15, -0.1) is 0 Å². The molecule has 1 aromatic rings. The maximum absolute atomic E-state index is 8.92. The van der Waals surface area contributed by atoms with E-state index in [4.69, 9.17) is 27.9 Å². The van der Waals surface area contributed by atoms with Crippen molar-refractivity contribution in [3.63, 3.8) is 0 Å². The number of nitrogens with two attached hydrogens (primary N) is 1. The zero-order valence-electron chi connectivity index (χ0n) is 10.8. The van der Waals surface area contributed by atoms with Crippen LogP contribution in [-0.2, 0) is 0 Å². The first-order valence-electron chi connectivity index (χ1n) is 6.34. The van der Waals surface area contributed by atoms with Crippen LogP contribution in [0.4, 0.5) is 5.69 Å². The summed E-state index contributed by atoms with van der Waals surface area (Å²) in [5, 5.41) is 16.8. The zero-order valence-corrected chi connectivity index (χ0v) is 11.5. The number of piperazine rings is 1. The molecule has 0 bridgehead atoms. The first-order chi connectivity index (χ1) is 9.11. The number of anilines is 1. The third-order valence-corrected chi connectivity index (χ3v) is 3.71. The Labute approximate surface area is 118 Å². The minimum atomic E-state index is -0.00989. The van der Waals surface area contributed by atoms with Crippen molar-refractivity contribution < 1.29 is 5.11 Å². The fraction of sp³-hybridized carbons (Fsp3) is 0.462. The number of hydrogen-bond donors (Lipinski definition) is 3. The molecule has 0 aromatic heterocycles. The Kier molecular flexibility index (Phi) is 4.63. The summed E-state index contributed by atoms with van der Waals surface area (Å²) in [6.07, 6.45) is 0. The number of aliphatic hydroxyl groups excluding tert-OH is 1. The molecule has 0 radical (unpaired) electrons. The zero-order chi connectivity index (χ0) is 13.8. The molecule has 104 valence electrons. The number of rotatable bonds is 4. The highest BCUT2D eigenvalue weighted by Crippen LogP contribution is 2.24. The molecule has 2 rings (SSSR count). The minimum absolute atomic E-state index is 0.00989. The van der Waals surface area contributed by atoms with Crippen molar-refractivity contribution in [1.82, 2.24) is 4.90 Å². The number of nitrogen functional groups attached to an aromatic ring is 1. The van der Waals surface area contributed by atoms with Gasteiger partial charge in [-0.25, -0.2) is 0 Å². The molecule has 0 amide bonds. The average molecular weight is 283 g/mol. The van der Waals surface area contributed by atoms with Crippen molar-refractivity contribution in [3.8, 4) is 0 Å². The summed E-state index contributed by atoms with van der Waals surface area (Å²) in [7, 11) is 0. The lowest BCUT2D eigenvalue weighted by molar-refractivity contribution is 0.189. The van der Waals surface area contributed by atoms with Gasteiger partial charge >= 0.3 is 0 Å². The van der Waals surface area contributed by atoms with Gasteiger partial charge in [0.15, 0.2) is 0 Å². The quantitative estimate of drug-likeness (QED) is 0.562. The second-order valence-corrected chi connectivity index (χ2v) is 5.04. The molecule has 0 spiro atoms. The average Bonchev–Trinajstić information content (AvgIpc) is 2.39. The number of halogens is 1. The number of β-amino-alcohol motifs (C(OH)–C–C–N with tert-alkyl or cyclic N) is 1. The van der Waals surface area contributed by atoms with Crippen LogP contribution in [0.5, 0.6) is 0 Å². The van der Waals surface area contributed by atoms with Crippen molar-refractivity contribution in [1.29, 1.82) is 5.41 Å². The van der Waals surface area contributed by atoms with E-state index in [2.05, 4.69) is 9.80 Å². The van der Waals surface area contributed by atoms with Crippen molar-refractivity contribution >= 4 is 23.1 Å². The van der Waals surface area contributed by atoms with E-state index in [0.29, 0.717) is 10.6 Å². The standard InChI is InChI=1S/C13H19ClN4O/c14-12-9-10(1-2-11(12)13(15)16)18-5-3-17(4-6-18)7-8-19/h1-2,9,19H,3-8H2,(H3,15,16).